The average molecular weight is 348 g/mol. The lowest BCUT2D eigenvalue weighted by Gasteiger charge is -2.37. The number of likely N-dealkylation sites (tertiary alicyclic amines) is 1. The molecule has 25 heavy (non-hydrogen) atoms. The van der Waals surface area contributed by atoms with Crippen molar-refractivity contribution in [2.45, 2.75) is 46.1 Å². The van der Waals surface area contributed by atoms with Gasteiger partial charge in [0.05, 0.1) is 12.2 Å². The number of amides is 1. The Balaban J connectivity index is 1.42. The maximum Gasteiger partial charge on any atom is 0.222 e. The summed E-state index contributed by atoms with van der Waals surface area (Å²) in [6.45, 7) is 13.2. The first-order valence-electron chi connectivity index (χ1n) is 9.73. The summed E-state index contributed by atoms with van der Waals surface area (Å²) < 4.78 is 5.67. The summed E-state index contributed by atoms with van der Waals surface area (Å²) in [6, 6.07) is 0.215. The van der Waals surface area contributed by atoms with Crippen LogP contribution in [0.1, 0.15) is 50.8 Å². The van der Waals surface area contributed by atoms with Crippen LogP contribution in [0.3, 0.4) is 0 Å². The molecule has 2 saturated heterocycles. The maximum absolute atomic E-state index is 12.6. The Morgan fingerprint density at radius 3 is 2.48 bits per heavy atom. The van der Waals surface area contributed by atoms with Gasteiger partial charge in [-0.1, -0.05) is 6.92 Å². The summed E-state index contributed by atoms with van der Waals surface area (Å²) in [5, 5.41) is 0. The highest BCUT2D eigenvalue weighted by atomic mass is 16.4. The van der Waals surface area contributed by atoms with Gasteiger partial charge in [0.25, 0.3) is 0 Å². The van der Waals surface area contributed by atoms with Gasteiger partial charge in [0.2, 0.25) is 11.8 Å². The van der Waals surface area contributed by atoms with E-state index in [1.54, 1.807) is 6.20 Å². The minimum atomic E-state index is 0.215. The van der Waals surface area contributed by atoms with Gasteiger partial charge in [-0.3, -0.25) is 9.69 Å². The van der Waals surface area contributed by atoms with Crippen LogP contribution in [0.25, 0.3) is 0 Å². The molecule has 140 valence electrons. The van der Waals surface area contributed by atoms with Crippen LogP contribution in [0.15, 0.2) is 10.6 Å². The lowest BCUT2D eigenvalue weighted by molar-refractivity contribution is -0.134. The summed E-state index contributed by atoms with van der Waals surface area (Å²) >= 11 is 0. The van der Waals surface area contributed by atoms with Crippen LogP contribution in [0.5, 0.6) is 0 Å². The summed E-state index contributed by atoms with van der Waals surface area (Å²) in [5.74, 6) is 2.54. The monoisotopic (exact) mass is 348 g/mol. The van der Waals surface area contributed by atoms with Crippen molar-refractivity contribution in [2.24, 2.45) is 5.92 Å². The molecule has 1 atom stereocenters. The molecule has 0 aromatic carbocycles. The van der Waals surface area contributed by atoms with Gasteiger partial charge in [0, 0.05) is 32.6 Å². The zero-order chi connectivity index (χ0) is 17.8. The van der Waals surface area contributed by atoms with Gasteiger partial charge in [0.15, 0.2) is 0 Å². The van der Waals surface area contributed by atoms with Gasteiger partial charge in [-0.2, -0.15) is 0 Å². The van der Waals surface area contributed by atoms with Crippen molar-refractivity contribution in [1.29, 1.82) is 0 Å². The van der Waals surface area contributed by atoms with Crippen molar-refractivity contribution >= 4 is 5.91 Å². The van der Waals surface area contributed by atoms with Crippen molar-refractivity contribution in [1.82, 2.24) is 19.7 Å². The predicted octanol–water partition coefficient (Wildman–Crippen LogP) is 2.31. The number of nitrogens with zero attached hydrogens (tertiary/aromatic N) is 4. The molecule has 2 fully saturated rings. The number of carbonyl (C=O) groups is 1. The van der Waals surface area contributed by atoms with Crippen molar-refractivity contribution in [2.75, 3.05) is 45.8 Å². The topological polar surface area (TPSA) is 52.8 Å². The Bertz CT molecular complexity index is 558. The molecule has 0 saturated carbocycles. The van der Waals surface area contributed by atoms with Crippen LogP contribution in [0.4, 0.5) is 0 Å². The highest BCUT2D eigenvalue weighted by Crippen LogP contribution is 2.28. The van der Waals surface area contributed by atoms with E-state index in [0.29, 0.717) is 18.2 Å². The van der Waals surface area contributed by atoms with Gasteiger partial charge in [-0.25, -0.2) is 4.98 Å². The first kappa shape index (κ1) is 18.4. The number of rotatable bonds is 5. The van der Waals surface area contributed by atoms with E-state index in [0.717, 1.165) is 70.3 Å². The van der Waals surface area contributed by atoms with Crippen molar-refractivity contribution in [3.8, 4) is 0 Å². The van der Waals surface area contributed by atoms with E-state index >= 15 is 0 Å². The maximum atomic E-state index is 12.6. The van der Waals surface area contributed by atoms with Gasteiger partial charge in [0.1, 0.15) is 5.76 Å². The molecule has 1 aromatic rings. The molecular formula is C19H32N4O2. The molecule has 1 amide bonds. The molecule has 1 aromatic heterocycles. The third-order valence-electron chi connectivity index (χ3n) is 5.83. The number of hydrogen-bond donors (Lipinski definition) is 0. The van der Waals surface area contributed by atoms with E-state index in [4.69, 9.17) is 4.42 Å². The SMILES string of the molecule is CCN1CCN(C(=O)CC2CCN(C(C)c3ncc(C)o3)CC2)CC1. The smallest absolute Gasteiger partial charge is 0.222 e. The molecule has 0 bridgehead atoms. The number of aromatic nitrogens is 1. The van der Waals surface area contributed by atoms with Gasteiger partial charge >= 0.3 is 0 Å². The number of aryl methyl sites for hydroxylation is 1. The van der Waals surface area contributed by atoms with Crippen LogP contribution in [0.2, 0.25) is 0 Å². The third kappa shape index (κ3) is 4.61. The molecule has 6 nitrogen and oxygen atoms in total. The molecule has 0 aliphatic carbocycles. The highest BCUT2D eigenvalue weighted by Gasteiger charge is 2.28. The van der Waals surface area contributed by atoms with Crippen LogP contribution < -0.4 is 0 Å². The Kier molecular flexibility index (Phi) is 6.12. The zero-order valence-electron chi connectivity index (χ0n) is 15.9. The molecule has 0 radical (unpaired) electrons. The van der Waals surface area contributed by atoms with Gasteiger partial charge < -0.3 is 14.2 Å². The fraction of sp³-hybridized carbons (Fsp3) is 0.789. The second kappa shape index (κ2) is 8.32. The highest BCUT2D eigenvalue weighted by molar-refractivity contribution is 5.76. The van der Waals surface area contributed by atoms with E-state index in [2.05, 4.69) is 33.5 Å². The Morgan fingerprint density at radius 2 is 1.92 bits per heavy atom. The number of piperazine rings is 1. The number of carbonyl (C=O) groups excluding carboxylic acids is 1. The normalized spacial score (nSPS) is 22.3. The Labute approximate surface area is 151 Å². The molecule has 3 heterocycles. The van der Waals surface area contributed by atoms with Crippen molar-refractivity contribution < 1.29 is 9.21 Å². The average Bonchev–Trinajstić information content (AvgIpc) is 3.08. The van der Waals surface area contributed by atoms with Crippen molar-refractivity contribution in [3.05, 3.63) is 17.8 Å². The fourth-order valence-corrected chi connectivity index (χ4v) is 3.96. The second-order valence-electron chi connectivity index (χ2n) is 7.48. The van der Waals surface area contributed by atoms with E-state index in [9.17, 15) is 4.79 Å². The Hall–Kier alpha value is -1.40. The number of oxazole rings is 1. The van der Waals surface area contributed by atoms with Gasteiger partial charge in [-0.05, 0) is 52.2 Å². The lowest BCUT2D eigenvalue weighted by atomic mass is 9.92. The minimum Gasteiger partial charge on any atom is -0.444 e. The molecule has 2 aliphatic rings. The first-order valence-corrected chi connectivity index (χ1v) is 9.73. The largest absolute Gasteiger partial charge is 0.444 e. The van der Waals surface area contributed by atoms with E-state index < -0.39 is 0 Å². The number of hydrogen-bond acceptors (Lipinski definition) is 5. The summed E-state index contributed by atoms with van der Waals surface area (Å²) in [4.78, 5) is 23.8. The van der Waals surface area contributed by atoms with Crippen LogP contribution in [-0.2, 0) is 4.79 Å². The van der Waals surface area contributed by atoms with Crippen molar-refractivity contribution in [3.63, 3.8) is 0 Å². The number of likely N-dealkylation sites (N-methyl/N-ethyl adjacent to an activating group) is 1. The molecule has 2 aliphatic heterocycles. The minimum absolute atomic E-state index is 0.215. The molecule has 1 unspecified atom stereocenters. The van der Waals surface area contributed by atoms with E-state index in [1.807, 2.05) is 6.92 Å². The van der Waals surface area contributed by atoms with E-state index in [1.165, 1.54) is 0 Å². The quantitative estimate of drug-likeness (QED) is 0.817. The lowest BCUT2D eigenvalue weighted by Crippen LogP contribution is -2.49. The van der Waals surface area contributed by atoms with E-state index in [-0.39, 0.29) is 6.04 Å². The molecule has 0 N–H and O–H groups in total. The predicted molar refractivity (Wildman–Crippen MR) is 97.3 cm³/mol. The van der Waals surface area contributed by atoms with Crippen LogP contribution >= 0.6 is 0 Å². The summed E-state index contributed by atoms with van der Waals surface area (Å²) in [7, 11) is 0. The Morgan fingerprint density at radius 1 is 1.24 bits per heavy atom. The number of piperidine rings is 1. The third-order valence-corrected chi connectivity index (χ3v) is 5.83. The summed E-state index contributed by atoms with van der Waals surface area (Å²) in [6.07, 6.45) is 4.68. The van der Waals surface area contributed by atoms with Crippen LogP contribution in [0, 0.1) is 12.8 Å². The molecule has 3 rings (SSSR count). The fourth-order valence-electron chi connectivity index (χ4n) is 3.96. The zero-order valence-corrected chi connectivity index (χ0v) is 15.9. The molecule has 6 heteroatoms. The molecular weight excluding hydrogens is 316 g/mol. The molecule has 0 spiro atoms. The second-order valence-corrected chi connectivity index (χ2v) is 7.48. The summed E-state index contributed by atoms with van der Waals surface area (Å²) in [5.41, 5.74) is 0. The van der Waals surface area contributed by atoms with Gasteiger partial charge in [-0.15, -0.1) is 0 Å². The van der Waals surface area contributed by atoms with Crippen LogP contribution in [-0.4, -0.2) is 71.4 Å². The first-order chi connectivity index (χ1) is 12.1. The standard InChI is InChI=1S/C19H32N4O2/c1-4-21-9-11-23(12-10-21)18(24)13-17-5-7-22(8-6-17)16(3)19-20-14-15(2)25-19/h14,16-17H,4-13H2,1-3H3.